The molecule has 0 saturated carbocycles. The van der Waals surface area contributed by atoms with Gasteiger partial charge in [0, 0.05) is 0 Å². The minimum atomic E-state index is -0.809. The summed E-state index contributed by atoms with van der Waals surface area (Å²) in [7, 11) is 0. The van der Waals surface area contributed by atoms with Gasteiger partial charge in [0.15, 0.2) is 0 Å². The monoisotopic (exact) mass is 190 g/mol. The van der Waals surface area contributed by atoms with E-state index in [9.17, 15) is 4.79 Å². The Morgan fingerprint density at radius 3 is 2.67 bits per heavy atom. The summed E-state index contributed by atoms with van der Waals surface area (Å²) in [5, 5.41) is 9.41. The number of hydrogen-bond acceptors (Lipinski definition) is 1. The van der Waals surface area contributed by atoms with Crippen molar-refractivity contribution < 1.29 is 9.90 Å². The van der Waals surface area contributed by atoms with E-state index < -0.39 is 5.97 Å². The molecular weight excluding hydrogens is 179 g/mol. The summed E-state index contributed by atoms with van der Waals surface area (Å²) >= 11 is 1.63. The van der Waals surface area contributed by atoms with Crippen molar-refractivity contribution in [3.8, 4) is 0 Å². The van der Waals surface area contributed by atoms with Crippen LogP contribution in [-0.2, 0) is 4.79 Å². The summed E-state index contributed by atoms with van der Waals surface area (Å²) in [4.78, 5) is 10.1. The van der Waals surface area contributed by atoms with Gasteiger partial charge in [-0.15, -0.1) is 0 Å². The molecule has 1 unspecified atom stereocenters. The summed E-state index contributed by atoms with van der Waals surface area (Å²) in [5.74, 6) is -0.809. The normalized spacial score (nSPS) is 11.6. The van der Waals surface area contributed by atoms with E-state index in [4.69, 9.17) is 5.11 Å². The van der Waals surface area contributed by atoms with Gasteiger partial charge in [-0.2, -0.15) is 0 Å². The van der Waals surface area contributed by atoms with Gasteiger partial charge >= 0.3 is 62.9 Å². The van der Waals surface area contributed by atoms with Crippen molar-refractivity contribution in [1.82, 2.24) is 0 Å². The Labute approximate surface area is 63.5 Å². The number of carboxylic acid groups (broad SMARTS) is 1. The number of aliphatic carboxylic acids is 1. The molecule has 9 heavy (non-hydrogen) atoms. The predicted octanol–water partition coefficient (Wildman–Crippen LogP) is 0.459. The van der Waals surface area contributed by atoms with Gasteiger partial charge in [-0.25, -0.2) is 0 Å². The standard InChI is InChI=1S/C6H11AsO2/c1-5(6(8)9)3-2-4-7/h3H,2,4,7H2,1H3,(H,8,9). The summed E-state index contributed by atoms with van der Waals surface area (Å²) in [5.41, 5.74) is 0.452. The predicted molar refractivity (Wildman–Crippen MR) is 39.4 cm³/mol. The zero-order chi connectivity index (χ0) is 7.28. The van der Waals surface area contributed by atoms with Crippen LogP contribution < -0.4 is 0 Å². The van der Waals surface area contributed by atoms with E-state index in [1.165, 1.54) is 0 Å². The first-order chi connectivity index (χ1) is 4.18. The van der Waals surface area contributed by atoms with Crippen LogP contribution in [0.2, 0.25) is 5.21 Å². The molecule has 0 aromatic rings. The summed E-state index contributed by atoms with van der Waals surface area (Å²) in [6.45, 7) is 1.62. The van der Waals surface area contributed by atoms with E-state index in [1.807, 2.05) is 0 Å². The molecule has 52 valence electrons. The van der Waals surface area contributed by atoms with Crippen LogP contribution in [0.5, 0.6) is 0 Å². The Bertz CT molecular complexity index is 129. The molecule has 0 heterocycles. The minimum absolute atomic E-state index is 0.452. The van der Waals surface area contributed by atoms with Crippen LogP contribution in [-0.4, -0.2) is 27.9 Å². The van der Waals surface area contributed by atoms with Gasteiger partial charge in [-0.05, 0) is 0 Å². The van der Waals surface area contributed by atoms with Crippen LogP contribution in [0.1, 0.15) is 13.3 Å². The zero-order valence-corrected chi connectivity index (χ0v) is 7.85. The molecule has 0 bridgehead atoms. The number of carboxylic acids is 1. The zero-order valence-electron chi connectivity index (χ0n) is 5.42. The Morgan fingerprint density at radius 2 is 2.33 bits per heavy atom. The van der Waals surface area contributed by atoms with Crippen molar-refractivity contribution in [2.75, 3.05) is 0 Å². The third-order valence-corrected chi connectivity index (χ3v) is 1.65. The fraction of sp³-hybridized carbons (Fsp3) is 0.500. The van der Waals surface area contributed by atoms with E-state index in [0.29, 0.717) is 5.57 Å². The summed E-state index contributed by atoms with van der Waals surface area (Å²) < 4.78 is 0. The average molecular weight is 190 g/mol. The van der Waals surface area contributed by atoms with Crippen molar-refractivity contribution in [2.45, 2.75) is 18.6 Å². The second-order valence-corrected chi connectivity index (χ2v) is 2.98. The van der Waals surface area contributed by atoms with Crippen molar-refractivity contribution in [1.29, 1.82) is 0 Å². The average Bonchev–Trinajstić information content (AvgIpc) is 1.82. The molecule has 0 fully saturated rings. The first-order valence-electron chi connectivity index (χ1n) is 2.78. The maximum atomic E-state index is 10.1. The number of carbonyl (C=O) groups is 1. The van der Waals surface area contributed by atoms with Gasteiger partial charge in [0.05, 0.1) is 0 Å². The third kappa shape index (κ3) is 4.28. The first-order valence-corrected chi connectivity index (χ1v) is 4.50. The molecule has 3 heteroatoms. The van der Waals surface area contributed by atoms with Gasteiger partial charge < -0.3 is 0 Å². The number of hydrogen-bond donors (Lipinski definition) is 1. The van der Waals surface area contributed by atoms with Crippen LogP contribution in [0.3, 0.4) is 0 Å². The van der Waals surface area contributed by atoms with Gasteiger partial charge in [-0.1, -0.05) is 0 Å². The third-order valence-electron chi connectivity index (χ3n) is 0.955. The number of rotatable bonds is 3. The molecule has 1 N–H and O–H groups in total. The van der Waals surface area contributed by atoms with Crippen molar-refractivity contribution >= 4 is 22.8 Å². The molecule has 0 rings (SSSR count). The molecule has 0 saturated heterocycles. The van der Waals surface area contributed by atoms with Crippen LogP contribution in [0.4, 0.5) is 0 Å². The second kappa shape index (κ2) is 4.63. The van der Waals surface area contributed by atoms with Crippen LogP contribution in [0, 0.1) is 0 Å². The van der Waals surface area contributed by atoms with E-state index in [1.54, 1.807) is 29.9 Å². The molecule has 0 aromatic heterocycles. The fourth-order valence-electron chi connectivity index (χ4n) is 0.387. The molecule has 0 amide bonds. The molecule has 0 spiro atoms. The molecule has 2 nitrogen and oxygen atoms in total. The molecule has 0 aliphatic heterocycles. The summed E-state index contributed by atoms with van der Waals surface area (Å²) in [6.07, 6.45) is 2.64. The Balaban J connectivity index is 3.69. The van der Waals surface area contributed by atoms with Crippen LogP contribution >= 0.6 is 0 Å². The van der Waals surface area contributed by atoms with Crippen LogP contribution in [0.15, 0.2) is 11.6 Å². The molecule has 0 aliphatic carbocycles. The van der Waals surface area contributed by atoms with Gasteiger partial charge in [0.2, 0.25) is 0 Å². The second-order valence-electron chi connectivity index (χ2n) is 1.77. The molecule has 1 atom stereocenters. The van der Waals surface area contributed by atoms with E-state index in [0.717, 1.165) is 11.6 Å². The SMILES string of the molecule is CC(=CCC[AsH2])C(=O)O. The van der Waals surface area contributed by atoms with E-state index in [2.05, 4.69) is 0 Å². The number of allylic oxidation sites excluding steroid dienone is 1. The fourth-order valence-corrected chi connectivity index (χ4v) is 0.737. The Hall–Kier alpha value is -0.232. The van der Waals surface area contributed by atoms with Gasteiger partial charge in [0.25, 0.3) is 0 Å². The molecular formula is C6H11AsO2. The van der Waals surface area contributed by atoms with Crippen molar-refractivity contribution in [3.63, 3.8) is 0 Å². The Morgan fingerprint density at radius 1 is 1.78 bits per heavy atom. The topological polar surface area (TPSA) is 37.3 Å². The first kappa shape index (κ1) is 8.77. The van der Waals surface area contributed by atoms with Gasteiger partial charge in [0.1, 0.15) is 0 Å². The van der Waals surface area contributed by atoms with E-state index in [-0.39, 0.29) is 0 Å². The van der Waals surface area contributed by atoms with Crippen molar-refractivity contribution in [3.05, 3.63) is 11.6 Å². The van der Waals surface area contributed by atoms with Crippen molar-refractivity contribution in [2.24, 2.45) is 0 Å². The quantitative estimate of drug-likeness (QED) is 0.518. The molecule has 0 radical (unpaired) electrons. The Kier molecular flexibility index (Phi) is 4.51. The van der Waals surface area contributed by atoms with Gasteiger partial charge in [-0.3, -0.25) is 0 Å². The molecule has 0 aliphatic rings. The molecule has 0 aromatic carbocycles. The summed E-state index contributed by atoms with van der Waals surface area (Å²) in [6, 6.07) is 0. The van der Waals surface area contributed by atoms with E-state index >= 15 is 0 Å². The maximum absolute atomic E-state index is 10.1. The van der Waals surface area contributed by atoms with Crippen LogP contribution in [0.25, 0.3) is 0 Å².